The first-order valence-electron chi connectivity index (χ1n) is 3.22. The normalized spacial score (nSPS) is 11.8. The van der Waals surface area contributed by atoms with E-state index in [1.54, 1.807) is 0 Å². The summed E-state index contributed by atoms with van der Waals surface area (Å²) in [5, 5.41) is 0.0942. The Balaban J connectivity index is 3.10. The van der Waals surface area contributed by atoms with E-state index < -0.39 is 17.6 Å². The van der Waals surface area contributed by atoms with Gasteiger partial charge in [-0.05, 0) is 6.07 Å². The smallest absolute Gasteiger partial charge is 0.257 e. The fraction of sp³-hybridized carbons (Fsp3) is 0.286. The second kappa shape index (κ2) is 3.61. The van der Waals surface area contributed by atoms with E-state index >= 15 is 0 Å². The molecule has 0 saturated carbocycles. The summed E-state index contributed by atoms with van der Waals surface area (Å²) < 4.78 is 48.7. The van der Waals surface area contributed by atoms with Gasteiger partial charge in [0, 0.05) is 11.5 Å². The van der Waals surface area contributed by atoms with Crippen molar-refractivity contribution in [3.63, 3.8) is 0 Å². The zero-order chi connectivity index (χ0) is 10.1. The van der Waals surface area contributed by atoms with Crippen molar-refractivity contribution in [3.05, 3.63) is 29.3 Å². The van der Waals surface area contributed by atoms with Crippen molar-refractivity contribution < 1.29 is 17.6 Å². The number of pyridine rings is 1. The zero-order valence-corrected chi connectivity index (χ0v) is 7.78. The summed E-state index contributed by atoms with van der Waals surface area (Å²) in [6, 6.07) is 0.434. The van der Waals surface area contributed by atoms with Gasteiger partial charge in [-0.15, -0.1) is 0 Å². The van der Waals surface area contributed by atoms with Crippen LogP contribution in [0, 0.1) is 5.82 Å². The van der Waals surface area contributed by atoms with Crippen LogP contribution in [0.2, 0.25) is 0 Å². The highest BCUT2D eigenvalue weighted by molar-refractivity contribution is 9.08. The zero-order valence-electron chi connectivity index (χ0n) is 6.20. The molecule has 6 heteroatoms. The van der Waals surface area contributed by atoms with Crippen molar-refractivity contribution in [1.29, 1.82) is 0 Å². The molecule has 0 amide bonds. The van der Waals surface area contributed by atoms with E-state index in [0.29, 0.717) is 12.3 Å². The molecule has 72 valence electrons. The summed E-state index contributed by atoms with van der Waals surface area (Å²) in [6.45, 7) is 0. The highest BCUT2D eigenvalue weighted by atomic mass is 79.9. The van der Waals surface area contributed by atoms with Crippen LogP contribution in [0.15, 0.2) is 12.3 Å². The number of nitrogens with zero attached hydrogens (tertiary/aromatic N) is 1. The van der Waals surface area contributed by atoms with Crippen LogP contribution in [-0.2, 0) is 11.5 Å². The first-order valence-corrected chi connectivity index (χ1v) is 4.35. The minimum absolute atomic E-state index is 0.0343. The van der Waals surface area contributed by atoms with Crippen molar-refractivity contribution in [2.45, 2.75) is 11.5 Å². The maximum absolute atomic E-state index is 12.8. The molecule has 0 bridgehead atoms. The fourth-order valence-electron chi connectivity index (χ4n) is 0.720. The van der Waals surface area contributed by atoms with E-state index in [-0.39, 0.29) is 11.0 Å². The standard InChI is InChI=1S/C7H4BrF4N/c8-2-6-5(9)1-4(3-13-6)7(10,11)12/h1,3H,2H2. The molecular formula is C7H4BrF4N. The highest BCUT2D eigenvalue weighted by Crippen LogP contribution is 2.29. The first-order chi connectivity index (χ1) is 5.95. The second-order valence-electron chi connectivity index (χ2n) is 2.28. The lowest BCUT2D eigenvalue weighted by Crippen LogP contribution is -2.07. The molecule has 0 aliphatic heterocycles. The average molecular weight is 258 g/mol. The molecular weight excluding hydrogens is 254 g/mol. The summed E-state index contributed by atoms with van der Waals surface area (Å²) in [7, 11) is 0. The predicted molar refractivity (Wildman–Crippen MR) is 41.8 cm³/mol. The predicted octanol–water partition coefficient (Wildman–Crippen LogP) is 3.13. The molecule has 1 rings (SSSR count). The number of aromatic nitrogens is 1. The third kappa shape index (κ3) is 2.40. The van der Waals surface area contributed by atoms with Gasteiger partial charge < -0.3 is 0 Å². The van der Waals surface area contributed by atoms with Gasteiger partial charge in [0.15, 0.2) is 0 Å². The Hall–Kier alpha value is -0.650. The third-order valence-electron chi connectivity index (χ3n) is 1.37. The highest BCUT2D eigenvalue weighted by Gasteiger charge is 2.31. The first kappa shape index (κ1) is 10.4. The molecule has 0 atom stereocenters. The number of rotatable bonds is 1. The molecule has 0 aliphatic carbocycles. The van der Waals surface area contributed by atoms with E-state index in [2.05, 4.69) is 20.9 Å². The Morgan fingerprint density at radius 1 is 1.38 bits per heavy atom. The Bertz CT molecular complexity index is 310. The average Bonchev–Trinajstić information content (AvgIpc) is 2.02. The number of halogens is 5. The monoisotopic (exact) mass is 257 g/mol. The van der Waals surface area contributed by atoms with Gasteiger partial charge in [0.2, 0.25) is 0 Å². The SMILES string of the molecule is Fc1cc(C(F)(F)F)cnc1CBr. The van der Waals surface area contributed by atoms with E-state index in [1.807, 2.05) is 0 Å². The largest absolute Gasteiger partial charge is 0.417 e. The van der Waals surface area contributed by atoms with Crippen LogP contribution in [0.5, 0.6) is 0 Å². The molecule has 1 heterocycles. The molecule has 0 fully saturated rings. The van der Waals surface area contributed by atoms with Crippen LogP contribution < -0.4 is 0 Å². The molecule has 1 aromatic rings. The van der Waals surface area contributed by atoms with Crippen LogP contribution >= 0.6 is 15.9 Å². The van der Waals surface area contributed by atoms with Crippen LogP contribution in [0.4, 0.5) is 17.6 Å². The van der Waals surface area contributed by atoms with Crippen molar-refractivity contribution in [3.8, 4) is 0 Å². The second-order valence-corrected chi connectivity index (χ2v) is 2.84. The van der Waals surface area contributed by atoms with Gasteiger partial charge in [-0.3, -0.25) is 4.98 Å². The molecule has 0 aromatic carbocycles. The van der Waals surface area contributed by atoms with E-state index in [0.717, 1.165) is 0 Å². The Kier molecular flexibility index (Phi) is 2.90. The van der Waals surface area contributed by atoms with Gasteiger partial charge >= 0.3 is 6.18 Å². The van der Waals surface area contributed by atoms with E-state index in [1.165, 1.54) is 0 Å². The van der Waals surface area contributed by atoms with E-state index in [4.69, 9.17) is 0 Å². The third-order valence-corrected chi connectivity index (χ3v) is 1.90. The molecule has 0 unspecified atom stereocenters. The van der Waals surface area contributed by atoms with E-state index in [9.17, 15) is 17.6 Å². The molecule has 0 saturated heterocycles. The molecule has 0 radical (unpaired) electrons. The number of alkyl halides is 4. The van der Waals surface area contributed by atoms with Crippen LogP contribution in [0.25, 0.3) is 0 Å². The lowest BCUT2D eigenvalue weighted by atomic mass is 10.2. The van der Waals surface area contributed by atoms with Gasteiger partial charge in [0.1, 0.15) is 5.82 Å². The number of hydrogen-bond acceptors (Lipinski definition) is 1. The Labute approximate surface area is 79.9 Å². The topological polar surface area (TPSA) is 12.9 Å². The summed E-state index contributed by atoms with van der Waals surface area (Å²) in [5.74, 6) is -0.952. The summed E-state index contributed by atoms with van der Waals surface area (Å²) in [4.78, 5) is 3.32. The maximum atomic E-state index is 12.8. The summed E-state index contributed by atoms with van der Waals surface area (Å²) >= 11 is 2.90. The van der Waals surface area contributed by atoms with Crippen LogP contribution in [0.1, 0.15) is 11.3 Å². The van der Waals surface area contributed by atoms with Gasteiger partial charge in [-0.2, -0.15) is 13.2 Å². The molecule has 0 spiro atoms. The minimum atomic E-state index is -4.54. The van der Waals surface area contributed by atoms with Gasteiger partial charge in [0.25, 0.3) is 0 Å². The van der Waals surface area contributed by atoms with Crippen molar-refractivity contribution in [2.75, 3.05) is 0 Å². The van der Waals surface area contributed by atoms with Gasteiger partial charge in [0.05, 0.1) is 11.3 Å². The minimum Gasteiger partial charge on any atom is -0.257 e. The van der Waals surface area contributed by atoms with Crippen LogP contribution in [-0.4, -0.2) is 4.98 Å². The lowest BCUT2D eigenvalue weighted by Gasteiger charge is -2.06. The van der Waals surface area contributed by atoms with Gasteiger partial charge in [-0.25, -0.2) is 4.39 Å². The van der Waals surface area contributed by atoms with Crippen molar-refractivity contribution in [2.24, 2.45) is 0 Å². The Morgan fingerprint density at radius 2 is 2.00 bits per heavy atom. The molecule has 0 N–H and O–H groups in total. The van der Waals surface area contributed by atoms with Crippen LogP contribution in [0.3, 0.4) is 0 Å². The maximum Gasteiger partial charge on any atom is 0.417 e. The molecule has 1 nitrogen and oxygen atoms in total. The van der Waals surface area contributed by atoms with Crippen molar-refractivity contribution in [1.82, 2.24) is 4.98 Å². The summed E-state index contributed by atoms with van der Waals surface area (Å²) in [6.07, 6.45) is -3.93. The lowest BCUT2D eigenvalue weighted by molar-refractivity contribution is -0.138. The number of hydrogen-bond donors (Lipinski definition) is 0. The molecule has 1 aromatic heterocycles. The van der Waals surface area contributed by atoms with Crippen molar-refractivity contribution >= 4 is 15.9 Å². The molecule has 13 heavy (non-hydrogen) atoms. The van der Waals surface area contributed by atoms with Gasteiger partial charge in [-0.1, -0.05) is 15.9 Å². The fourth-order valence-corrected chi connectivity index (χ4v) is 1.13. The quantitative estimate of drug-likeness (QED) is 0.557. The Morgan fingerprint density at radius 3 is 2.38 bits per heavy atom. The summed E-state index contributed by atoms with van der Waals surface area (Å²) in [5.41, 5.74) is -1.11. The molecule has 0 aliphatic rings.